The SMILES string of the molecule is CCc1ccnc(N(CC2CCC(F)(F)CC2)S(C)(=O)=O)c1. The lowest BCUT2D eigenvalue weighted by Gasteiger charge is -2.32. The van der Waals surface area contributed by atoms with Crippen molar-refractivity contribution in [2.45, 2.75) is 45.0 Å². The van der Waals surface area contributed by atoms with Crippen molar-refractivity contribution in [2.24, 2.45) is 5.92 Å². The van der Waals surface area contributed by atoms with Crippen LogP contribution in [0.3, 0.4) is 0 Å². The maximum Gasteiger partial charge on any atom is 0.248 e. The summed E-state index contributed by atoms with van der Waals surface area (Å²) in [6.45, 7) is 2.20. The van der Waals surface area contributed by atoms with Gasteiger partial charge in [0.15, 0.2) is 0 Å². The number of nitrogens with zero attached hydrogens (tertiary/aromatic N) is 2. The van der Waals surface area contributed by atoms with Gasteiger partial charge in [-0.05, 0) is 42.9 Å². The van der Waals surface area contributed by atoms with Crippen LogP contribution in [0.4, 0.5) is 14.6 Å². The summed E-state index contributed by atoms with van der Waals surface area (Å²) in [5, 5.41) is 0. The van der Waals surface area contributed by atoms with Gasteiger partial charge in [-0.1, -0.05) is 6.92 Å². The van der Waals surface area contributed by atoms with Crippen LogP contribution < -0.4 is 4.31 Å². The molecule has 1 saturated carbocycles. The fourth-order valence-electron chi connectivity index (χ4n) is 2.73. The summed E-state index contributed by atoms with van der Waals surface area (Å²) in [6.07, 6.45) is 3.84. The van der Waals surface area contributed by atoms with Crippen LogP contribution in [0.1, 0.15) is 38.2 Å². The van der Waals surface area contributed by atoms with Crippen molar-refractivity contribution in [2.75, 3.05) is 17.1 Å². The molecule has 1 aromatic heterocycles. The zero-order chi connectivity index (χ0) is 16.4. The molecule has 0 N–H and O–H groups in total. The third kappa shape index (κ3) is 4.38. The van der Waals surface area contributed by atoms with Crippen LogP contribution in [0.15, 0.2) is 18.3 Å². The minimum absolute atomic E-state index is 0.0542. The van der Waals surface area contributed by atoms with Crippen molar-refractivity contribution < 1.29 is 17.2 Å². The molecule has 0 aliphatic heterocycles. The molecule has 0 spiro atoms. The van der Waals surface area contributed by atoms with E-state index in [1.807, 2.05) is 13.0 Å². The second-order valence-electron chi connectivity index (χ2n) is 5.97. The molecule has 4 nitrogen and oxygen atoms in total. The van der Waals surface area contributed by atoms with Gasteiger partial charge in [0.1, 0.15) is 5.82 Å². The molecule has 0 aromatic carbocycles. The molecular weight excluding hydrogens is 310 g/mol. The molecule has 0 amide bonds. The molecule has 124 valence electrons. The minimum atomic E-state index is -3.49. The summed E-state index contributed by atoms with van der Waals surface area (Å²) < 4.78 is 51.8. The Bertz CT molecular complexity index is 610. The Morgan fingerprint density at radius 2 is 2.00 bits per heavy atom. The molecule has 2 rings (SSSR count). The Labute approximate surface area is 130 Å². The highest BCUT2D eigenvalue weighted by atomic mass is 32.2. The summed E-state index contributed by atoms with van der Waals surface area (Å²) in [5.74, 6) is -2.28. The largest absolute Gasteiger partial charge is 0.254 e. The van der Waals surface area contributed by atoms with E-state index in [2.05, 4.69) is 4.98 Å². The van der Waals surface area contributed by atoms with E-state index in [0.29, 0.717) is 18.7 Å². The number of anilines is 1. The highest BCUT2D eigenvalue weighted by molar-refractivity contribution is 7.92. The number of rotatable bonds is 5. The highest BCUT2D eigenvalue weighted by Crippen LogP contribution is 2.37. The standard InChI is InChI=1S/C15H22F2N2O2S/c1-3-12-6-9-18-14(10-12)19(22(2,20)21)11-13-4-7-15(16,17)8-5-13/h6,9-10,13H,3-5,7-8,11H2,1-2H3. The molecule has 0 atom stereocenters. The van der Waals surface area contributed by atoms with E-state index in [-0.39, 0.29) is 25.3 Å². The third-order valence-electron chi connectivity index (χ3n) is 4.13. The molecule has 0 bridgehead atoms. The lowest BCUT2D eigenvalue weighted by molar-refractivity contribution is -0.0446. The zero-order valence-electron chi connectivity index (χ0n) is 12.9. The molecule has 1 aromatic rings. The number of alkyl halides is 2. The van der Waals surface area contributed by atoms with Gasteiger partial charge in [0.2, 0.25) is 15.9 Å². The van der Waals surface area contributed by atoms with Crippen molar-refractivity contribution >= 4 is 15.8 Å². The molecule has 0 radical (unpaired) electrons. The average molecular weight is 332 g/mol. The molecule has 7 heteroatoms. The summed E-state index contributed by atoms with van der Waals surface area (Å²) in [7, 11) is -3.49. The van der Waals surface area contributed by atoms with Crippen LogP contribution >= 0.6 is 0 Å². The van der Waals surface area contributed by atoms with Gasteiger partial charge in [0.25, 0.3) is 0 Å². The number of halogens is 2. The lowest BCUT2D eigenvalue weighted by atomic mass is 9.87. The first-order valence-electron chi connectivity index (χ1n) is 7.52. The Morgan fingerprint density at radius 3 is 2.55 bits per heavy atom. The van der Waals surface area contributed by atoms with Gasteiger partial charge in [-0.3, -0.25) is 4.31 Å². The van der Waals surface area contributed by atoms with Crippen molar-refractivity contribution in [3.8, 4) is 0 Å². The molecule has 22 heavy (non-hydrogen) atoms. The molecule has 1 aliphatic rings. The van der Waals surface area contributed by atoms with E-state index in [1.54, 1.807) is 12.3 Å². The van der Waals surface area contributed by atoms with Crippen LogP contribution in [0.5, 0.6) is 0 Å². The number of aromatic nitrogens is 1. The van der Waals surface area contributed by atoms with Crippen LogP contribution in [0.2, 0.25) is 0 Å². The van der Waals surface area contributed by atoms with Crippen molar-refractivity contribution in [3.05, 3.63) is 23.9 Å². The third-order valence-corrected chi connectivity index (χ3v) is 5.27. The first kappa shape index (κ1) is 17.1. The predicted octanol–water partition coefficient (Wildman–Crippen LogP) is 3.24. The van der Waals surface area contributed by atoms with E-state index in [1.165, 1.54) is 4.31 Å². The Hall–Kier alpha value is -1.24. The second-order valence-corrected chi connectivity index (χ2v) is 7.88. The van der Waals surface area contributed by atoms with Gasteiger partial charge < -0.3 is 0 Å². The molecule has 0 unspecified atom stereocenters. The van der Waals surface area contributed by atoms with E-state index in [0.717, 1.165) is 18.2 Å². The average Bonchev–Trinajstić information content (AvgIpc) is 2.45. The zero-order valence-corrected chi connectivity index (χ0v) is 13.7. The molecular formula is C15H22F2N2O2S. The fourth-order valence-corrected chi connectivity index (χ4v) is 3.65. The van der Waals surface area contributed by atoms with Crippen molar-refractivity contribution in [1.82, 2.24) is 4.98 Å². The van der Waals surface area contributed by atoms with E-state index in [9.17, 15) is 17.2 Å². The number of aryl methyl sites for hydroxylation is 1. The maximum atomic E-state index is 13.2. The van der Waals surface area contributed by atoms with E-state index < -0.39 is 15.9 Å². The van der Waals surface area contributed by atoms with Gasteiger partial charge in [-0.15, -0.1) is 0 Å². The molecule has 1 fully saturated rings. The van der Waals surface area contributed by atoms with Gasteiger partial charge in [-0.25, -0.2) is 22.2 Å². The van der Waals surface area contributed by atoms with Gasteiger partial charge in [-0.2, -0.15) is 0 Å². The summed E-state index contributed by atoms with van der Waals surface area (Å²) in [4.78, 5) is 4.15. The number of sulfonamides is 1. The number of hydrogen-bond acceptors (Lipinski definition) is 3. The molecule has 0 saturated heterocycles. The van der Waals surface area contributed by atoms with Crippen LogP contribution in [-0.2, 0) is 16.4 Å². The first-order chi connectivity index (χ1) is 10.2. The Morgan fingerprint density at radius 1 is 1.36 bits per heavy atom. The maximum absolute atomic E-state index is 13.2. The molecule has 1 aliphatic carbocycles. The lowest BCUT2D eigenvalue weighted by Crippen LogP contribution is -2.38. The fraction of sp³-hybridized carbons (Fsp3) is 0.667. The van der Waals surface area contributed by atoms with Crippen LogP contribution in [0.25, 0.3) is 0 Å². The first-order valence-corrected chi connectivity index (χ1v) is 9.36. The van der Waals surface area contributed by atoms with Crippen molar-refractivity contribution in [1.29, 1.82) is 0 Å². The highest BCUT2D eigenvalue weighted by Gasteiger charge is 2.36. The number of hydrogen-bond donors (Lipinski definition) is 0. The van der Waals surface area contributed by atoms with Crippen LogP contribution in [-0.4, -0.2) is 32.1 Å². The Kier molecular flexibility index (Phi) is 5.04. The van der Waals surface area contributed by atoms with Crippen molar-refractivity contribution in [3.63, 3.8) is 0 Å². The number of pyridine rings is 1. The monoisotopic (exact) mass is 332 g/mol. The normalized spacial score (nSPS) is 19.1. The van der Waals surface area contributed by atoms with Crippen LogP contribution in [0, 0.1) is 5.92 Å². The Balaban J connectivity index is 2.17. The smallest absolute Gasteiger partial charge is 0.248 e. The second kappa shape index (κ2) is 6.48. The summed E-state index contributed by atoms with van der Waals surface area (Å²) in [6, 6.07) is 3.59. The molecule has 1 heterocycles. The minimum Gasteiger partial charge on any atom is -0.254 e. The predicted molar refractivity (Wildman–Crippen MR) is 82.7 cm³/mol. The van der Waals surface area contributed by atoms with Gasteiger partial charge in [0, 0.05) is 25.6 Å². The summed E-state index contributed by atoms with van der Waals surface area (Å²) >= 11 is 0. The summed E-state index contributed by atoms with van der Waals surface area (Å²) in [5.41, 5.74) is 0.994. The van der Waals surface area contributed by atoms with Gasteiger partial charge >= 0.3 is 0 Å². The quantitative estimate of drug-likeness (QED) is 0.832. The van der Waals surface area contributed by atoms with E-state index >= 15 is 0 Å². The topological polar surface area (TPSA) is 50.3 Å². The van der Waals surface area contributed by atoms with Gasteiger partial charge in [0.05, 0.1) is 6.26 Å². The van der Waals surface area contributed by atoms with E-state index in [4.69, 9.17) is 0 Å².